The Morgan fingerprint density at radius 2 is 1.95 bits per heavy atom. The van der Waals surface area contributed by atoms with E-state index >= 15 is 0 Å². The van der Waals surface area contributed by atoms with E-state index in [1.807, 2.05) is 12.2 Å². The molecule has 0 saturated carbocycles. The molecule has 0 bridgehead atoms. The molecule has 114 valence electrons. The lowest BCUT2D eigenvalue weighted by Gasteiger charge is -1.96. The van der Waals surface area contributed by atoms with Crippen molar-refractivity contribution in [1.29, 1.82) is 0 Å². The van der Waals surface area contributed by atoms with Crippen LogP contribution in [0.3, 0.4) is 0 Å². The molecule has 0 saturated heterocycles. The molecule has 21 heavy (non-hydrogen) atoms. The van der Waals surface area contributed by atoms with Crippen LogP contribution in [0, 0.1) is 23.7 Å². The molecule has 0 radical (unpaired) electrons. The van der Waals surface area contributed by atoms with Crippen molar-refractivity contribution in [2.45, 2.75) is 58.8 Å². The van der Waals surface area contributed by atoms with Gasteiger partial charge in [0, 0.05) is 13.3 Å². The molecular formula is C19H26O2. The van der Waals surface area contributed by atoms with Crippen LogP contribution in [0.4, 0.5) is 0 Å². The lowest BCUT2D eigenvalue weighted by atomic mass is 10.1. The number of unbranched alkanes of at least 4 members (excludes halogenated alkanes) is 5. The zero-order chi connectivity index (χ0) is 15.6. The maximum Gasteiger partial charge on any atom is 0.302 e. The first-order valence-electron chi connectivity index (χ1n) is 7.70. The zero-order valence-electron chi connectivity index (χ0n) is 13.3. The van der Waals surface area contributed by atoms with E-state index in [1.165, 1.54) is 32.6 Å². The van der Waals surface area contributed by atoms with Crippen LogP contribution in [-0.4, -0.2) is 12.6 Å². The maximum atomic E-state index is 10.5. The molecule has 0 rings (SSSR count). The number of carbonyl (C=O) groups excluding carboxylic acids is 1. The molecule has 0 spiro atoms. The van der Waals surface area contributed by atoms with Gasteiger partial charge in [0.05, 0.1) is 6.61 Å². The highest BCUT2D eigenvalue weighted by Gasteiger charge is 1.89. The predicted molar refractivity (Wildman–Crippen MR) is 88.5 cm³/mol. The van der Waals surface area contributed by atoms with E-state index in [0.717, 1.165) is 12.8 Å². The zero-order valence-corrected chi connectivity index (χ0v) is 13.3. The predicted octanol–water partition coefficient (Wildman–Crippen LogP) is 4.42. The lowest BCUT2D eigenvalue weighted by molar-refractivity contribution is -0.141. The maximum absolute atomic E-state index is 10.5. The summed E-state index contributed by atoms with van der Waals surface area (Å²) in [5.41, 5.74) is 0. The Hall–Kier alpha value is -1.93. The van der Waals surface area contributed by atoms with Crippen molar-refractivity contribution in [1.82, 2.24) is 0 Å². The summed E-state index contributed by atoms with van der Waals surface area (Å²) < 4.78 is 4.79. The van der Waals surface area contributed by atoms with Crippen LogP contribution in [0.15, 0.2) is 24.3 Å². The van der Waals surface area contributed by atoms with Crippen LogP contribution in [0.25, 0.3) is 0 Å². The summed E-state index contributed by atoms with van der Waals surface area (Å²) in [5, 5.41) is 0. The number of hydrogen-bond donors (Lipinski definition) is 0. The second kappa shape index (κ2) is 16.1. The third-order valence-corrected chi connectivity index (χ3v) is 2.63. The molecule has 0 aromatic rings. The molecule has 0 unspecified atom stereocenters. The average molecular weight is 286 g/mol. The van der Waals surface area contributed by atoms with Gasteiger partial charge in [-0.05, 0) is 37.2 Å². The van der Waals surface area contributed by atoms with Crippen molar-refractivity contribution in [2.24, 2.45) is 0 Å². The normalized spacial score (nSPS) is 10.0. The number of hydrogen-bond acceptors (Lipinski definition) is 2. The second-order valence-electron chi connectivity index (χ2n) is 4.65. The molecule has 0 atom stereocenters. The Morgan fingerprint density at radius 3 is 2.71 bits per heavy atom. The molecule has 0 aromatic carbocycles. The molecule has 0 aromatic heterocycles. The summed E-state index contributed by atoms with van der Waals surface area (Å²) >= 11 is 0. The van der Waals surface area contributed by atoms with E-state index in [1.54, 1.807) is 6.08 Å². The molecule has 0 N–H and O–H groups in total. The van der Waals surface area contributed by atoms with E-state index in [-0.39, 0.29) is 5.97 Å². The molecule has 0 aliphatic rings. The first kappa shape index (κ1) is 19.1. The summed E-state index contributed by atoms with van der Waals surface area (Å²) in [5.74, 6) is 11.1. The smallest absolute Gasteiger partial charge is 0.302 e. The van der Waals surface area contributed by atoms with E-state index in [4.69, 9.17) is 4.74 Å². The fourth-order valence-corrected chi connectivity index (χ4v) is 1.53. The monoisotopic (exact) mass is 286 g/mol. The Balaban J connectivity index is 3.57. The van der Waals surface area contributed by atoms with Crippen LogP contribution in [0.2, 0.25) is 0 Å². The van der Waals surface area contributed by atoms with Crippen molar-refractivity contribution in [2.75, 3.05) is 6.61 Å². The summed E-state index contributed by atoms with van der Waals surface area (Å²) in [6, 6.07) is 0. The Labute approximate surface area is 129 Å². The van der Waals surface area contributed by atoms with Gasteiger partial charge in [-0.25, -0.2) is 0 Å². The number of carbonyl (C=O) groups is 1. The van der Waals surface area contributed by atoms with Gasteiger partial charge in [0.1, 0.15) is 0 Å². The van der Waals surface area contributed by atoms with Crippen LogP contribution in [0.5, 0.6) is 0 Å². The van der Waals surface area contributed by atoms with Crippen molar-refractivity contribution in [3.8, 4) is 23.7 Å². The minimum absolute atomic E-state index is 0.244. The first-order chi connectivity index (χ1) is 10.3. The molecule has 2 nitrogen and oxygen atoms in total. The molecule has 0 amide bonds. The molecule has 0 heterocycles. The van der Waals surface area contributed by atoms with E-state index in [9.17, 15) is 4.79 Å². The Kier molecular flexibility index (Phi) is 14.6. The van der Waals surface area contributed by atoms with Crippen LogP contribution >= 0.6 is 0 Å². The number of rotatable bonds is 9. The highest BCUT2D eigenvalue weighted by molar-refractivity contribution is 5.65. The Morgan fingerprint density at radius 1 is 1.10 bits per heavy atom. The third-order valence-electron chi connectivity index (χ3n) is 2.63. The number of ether oxygens (including phenoxy) is 1. The molecule has 2 heteroatoms. The van der Waals surface area contributed by atoms with E-state index in [2.05, 4.69) is 36.7 Å². The van der Waals surface area contributed by atoms with Gasteiger partial charge in [0.2, 0.25) is 0 Å². The van der Waals surface area contributed by atoms with Gasteiger partial charge in [-0.1, -0.05) is 56.3 Å². The molecular weight excluding hydrogens is 260 g/mol. The summed E-state index contributed by atoms with van der Waals surface area (Å²) in [7, 11) is 0. The largest absolute Gasteiger partial charge is 0.466 e. The number of allylic oxidation sites excluding steroid dienone is 4. The van der Waals surface area contributed by atoms with Gasteiger partial charge in [-0.2, -0.15) is 0 Å². The van der Waals surface area contributed by atoms with Crippen LogP contribution in [0.1, 0.15) is 58.8 Å². The van der Waals surface area contributed by atoms with Crippen LogP contribution < -0.4 is 0 Å². The minimum atomic E-state index is -0.244. The highest BCUT2D eigenvalue weighted by atomic mass is 16.5. The first-order valence-corrected chi connectivity index (χ1v) is 7.70. The van der Waals surface area contributed by atoms with Gasteiger partial charge >= 0.3 is 5.97 Å². The van der Waals surface area contributed by atoms with Crippen molar-refractivity contribution in [3.63, 3.8) is 0 Å². The Bertz CT molecular complexity index is 436. The lowest BCUT2D eigenvalue weighted by Crippen LogP contribution is -1.99. The van der Waals surface area contributed by atoms with Crippen molar-refractivity contribution < 1.29 is 9.53 Å². The van der Waals surface area contributed by atoms with Gasteiger partial charge in [-0.3, -0.25) is 4.79 Å². The standard InChI is InChI=1S/C19H26O2/c1-3-4-5-6-7-8-9-10-11-12-13-14-15-16-17-18-21-19(2)20/h8-11H,3-7,16-18H2,1-2H3. The SMILES string of the molecule is CCCCCCC=CC=CC#CC#CCCCOC(C)=O. The van der Waals surface area contributed by atoms with E-state index < -0.39 is 0 Å². The summed E-state index contributed by atoms with van der Waals surface area (Å²) in [6.07, 6.45) is 15.7. The molecule has 0 aliphatic carbocycles. The van der Waals surface area contributed by atoms with Crippen molar-refractivity contribution in [3.05, 3.63) is 24.3 Å². The van der Waals surface area contributed by atoms with Gasteiger partial charge in [0.15, 0.2) is 0 Å². The quantitative estimate of drug-likeness (QED) is 0.271. The summed E-state index contributed by atoms with van der Waals surface area (Å²) in [4.78, 5) is 10.5. The van der Waals surface area contributed by atoms with Gasteiger partial charge < -0.3 is 4.74 Å². The fraction of sp³-hybridized carbons (Fsp3) is 0.526. The fourth-order valence-electron chi connectivity index (χ4n) is 1.53. The molecule has 0 aliphatic heterocycles. The average Bonchev–Trinajstić information content (AvgIpc) is 2.46. The third kappa shape index (κ3) is 18.1. The summed E-state index contributed by atoms with van der Waals surface area (Å²) in [6.45, 7) is 4.06. The number of esters is 1. The van der Waals surface area contributed by atoms with Crippen LogP contribution in [-0.2, 0) is 9.53 Å². The highest BCUT2D eigenvalue weighted by Crippen LogP contribution is 2.02. The molecule has 0 fully saturated rings. The van der Waals surface area contributed by atoms with Gasteiger partial charge in [0.25, 0.3) is 0 Å². The second-order valence-corrected chi connectivity index (χ2v) is 4.65. The van der Waals surface area contributed by atoms with Crippen molar-refractivity contribution >= 4 is 5.97 Å². The minimum Gasteiger partial charge on any atom is -0.466 e. The topological polar surface area (TPSA) is 26.3 Å². The van der Waals surface area contributed by atoms with Gasteiger partial charge in [-0.15, -0.1) is 0 Å². The van der Waals surface area contributed by atoms with E-state index in [0.29, 0.717) is 13.0 Å².